The van der Waals surface area contributed by atoms with Crippen LogP contribution in [0.1, 0.15) is 16.2 Å². The van der Waals surface area contributed by atoms with Crippen LogP contribution in [0.4, 0.5) is 14.5 Å². The lowest BCUT2D eigenvalue weighted by Crippen LogP contribution is -2.16. The van der Waals surface area contributed by atoms with Crippen molar-refractivity contribution in [3.63, 3.8) is 0 Å². The van der Waals surface area contributed by atoms with E-state index in [9.17, 15) is 13.6 Å². The van der Waals surface area contributed by atoms with Crippen molar-refractivity contribution >= 4 is 34.2 Å². The number of imidazole rings is 1. The van der Waals surface area contributed by atoms with E-state index in [-0.39, 0.29) is 11.7 Å². The fraction of sp³-hybridized carbons (Fsp3) is 0.150. The molecule has 2 aromatic carbocycles. The number of nitrogens with zero attached hydrogens (tertiary/aromatic N) is 3. The van der Waals surface area contributed by atoms with Crippen molar-refractivity contribution in [2.75, 3.05) is 5.32 Å². The number of aromatic nitrogens is 4. The number of carbonyl (C=O) groups excluding carboxylic acids is 1. The van der Waals surface area contributed by atoms with Gasteiger partial charge in [0.05, 0.1) is 16.7 Å². The zero-order valence-corrected chi connectivity index (χ0v) is 16.7. The predicted octanol–water partition coefficient (Wildman–Crippen LogP) is 4.69. The summed E-state index contributed by atoms with van der Waals surface area (Å²) in [5.41, 5.74) is 0.0301. The van der Waals surface area contributed by atoms with Gasteiger partial charge in [0.1, 0.15) is 11.6 Å². The second kappa shape index (κ2) is 7.42. The summed E-state index contributed by atoms with van der Waals surface area (Å²) >= 11 is 4.75. The summed E-state index contributed by atoms with van der Waals surface area (Å²) in [6, 6.07) is 10.7. The Morgan fingerprint density at radius 2 is 1.97 bits per heavy atom. The van der Waals surface area contributed by atoms with Crippen LogP contribution in [0, 0.1) is 6.92 Å². The Kier molecular flexibility index (Phi) is 4.90. The molecule has 0 spiro atoms. The molecule has 0 fully saturated rings. The van der Waals surface area contributed by atoms with Gasteiger partial charge in [-0.1, -0.05) is 0 Å². The normalized spacial score (nSPS) is 11.6. The van der Waals surface area contributed by atoms with Gasteiger partial charge in [-0.25, -0.2) is 4.98 Å². The first-order chi connectivity index (χ1) is 14.2. The lowest BCUT2D eigenvalue weighted by atomic mass is 10.0. The number of aromatic amines is 1. The molecule has 2 N–H and O–H groups in total. The number of amides is 1. The van der Waals surface area contributed by atoms with Crippen molar-refractivity contribution in [1.29, 1.82) is 0 Å². The second-order valence-electron chi connectivity index (χ2n) is 6.61. The summed E-state index contributed by atoms with van der Waals surface area (Å²) in [5.74, 6) is 0.309. The first-order valence-electron chi connectivity index (χ1n) is 8.85. The third-order valence-corrected chi connectivity index (χ3v) is 4.69. The zero-order valence-electron chi connectivity index (χ0n) is 15.9. The average molecular weight is 432 g/mol. The van der Waals surface area contributed by atoms with Gasteiger partial charge >= 0.3 is 5.57 Å². The Morgan fingerprint density at radius 3 is 2.60 bits per heavy atom. The van der Waals surface area contributed by atoms with Crippen LogP contribution >= 0.6 is 11.6 Å². The van der Waals surface area contributed by atoms with E-state index < -0.39 is 5.57 Å². The topological polar surface area (TPSA) is 84.8 Å². The fourth-order valence-electron chi connectivity index (χ4n) is 3.09. The number of halogens is 3. The Balaban J connectivity index is 1.66. The Hall–Kier alpha value is -3.46. The smallest absolute Gasteiger partial charge is 0.420 e. The molecule has 7 nitrogen and oxygen atoms in total. The van der Waals surface area contributed by atoms with Crippen LogP contribution in [0.3, 0.4) is 0 Å². The maximum atomic E-state index is 12.9. The number of alkyl halides is 3. The number of H-pyrrole nitrogens is 1. The van der Waals surface area contributed by atoms with E-state index in [0.29, 0.717) is 11.3 Å². The second-order valence-corrected chi connectivity index (χ2v) is 7.05. The Bertz CT molecular complexity index is 1210. The lowest BCUT2D eigenvalue weighted by molar-refractivity contribution is -0.0964. The minimum absolute atomic E-state index is 0.124. The average Bonchev–Trinajstić information content (AvgIpc) is 3.31. The van der Waals surface area contributed by atoms with E-state index in [1.165, 1.54) is 24.3 Å². The summed E-state index contributed by atoms with van der Waals surface area (Å²) in [5, 5.41) is 9.61. The molecule has 0 aliphatic rings. The molecular weight excluding hydrogens is 416 g/mol. The van der Waals surface area contributed by atoms with E-state index in [2.05, 4.69) is 25.2 Å². The van der Waals surface area contributed by atoms with Gasteiger partial charge in [0, 0.05) is 41.7 Å². The van der Waals surface area contributed by atoms with Crippen LogP contribution < -0.4 is 10.1 Å². The molecule has 2 heterocycles. The lowest BCUT2D eigenvalue weighted by Gasteiger charge is -2.11. The molecule has 1 amide bonds. The summed E-state index contributed by atoms with van der Waals surface area (Å²) in [6.45, 7) is 1.88. The molecule has 2 aromatic heterocycles. The number of carbonyl (C=O) groups is 1. The fourth-order valence-corrected chi connectivity index (χ4v) is 3.18. The van der Waals surface area contributed by atoms with Crippen molar-refractivity contribution in [3.05, 3.63) is 60.0 Å². The number of ether oxygens (including phenoxy) is 1. The van der Waals surface area contributed by atoms with Crippen molar-refractivity contribution in [2.24, 2.45) is 7.05 Å². The molecule has 4 rings (SSSR count). The number of rotatable bonds is 5. The largest absolute Gasteiger partial charge is 0.487 e. The van der Waals surface area contributed by atoms with E-state index in [0.717, 1.165) is 28.1 Å². The third kappa shape index (κ3) is 3.97. The highest BCUT2D eigenvalue weighted by molar-refractivity contribution is 6.20. The minimum atomic E-state index is -3.80. The first kappa shape index (κ1) is 19.8. The van der Waals surface area contributed by atoms with E-state index in [1.54, 1.807) is 24.4 Å². The highest BCUT2D eigenvalue weighted by Crippen LogP contribution is 2.30. The third-order valence-electron chi connectivity index (χ3n) is 4.61. The zero-order chi connectivity index (χ0) is 21.5. The molecule has 0 atom stereocenters. The number of hydrogen-bond donors (Lipinski definition) is 2. The molecule has 0 aliphatic heterocycles. The van der Waals surface area contributed by atoms with Crippen LogP contribution in [0.15, 0.2) is 48.7 Å². The van der Waals surface area contributed by atoms with Crippen molar-refractivity contribution in [1.82, 2.24) is 19.7 Å². The molecule has 0 saturated carbocycles. The molecule has 0 aliphatic carbocycles. The molecular formula is C20H16ClF2N5O2. The van der Waals surface area contributed by atoms with Crippen LogP contribution in [0.2, 0.25) is 0 Å². The van der Waals surface area contributed by atoms with Crippen molar-refractivity contribution in [3.8, 4) is 17.0 Å². The number of benzene rings is 2. The van der Waals surface area contributed by atoms with Crippen LogP contribution in [0.25, 0.3) is 22.3 Å². The number of nitrogens with one attached hydrogen (secondary N) is 2. The molecule has 0 saturated heterocycles. The molecule has 0 bridgehead atoms. The summed E-state index contributed by atoms with van der Waals surface area (Å²) < 4.78 is 31.6. The molecule has 4 aromatic rings. The predicted molar refractivity (Wildman–Crippen MR) is 109 cm³/mol. The van der Waals surface area contributed by atoms with Gasteiger partial charge in [0.2, 0.25) is 0 Å². The number of anilines is 1. The Morgan fingerprint density at radius 1 is 1.23 bits per heavy atom. The van der Waals surface area contributed by atoms with Gasteiger partial charge in [-0.15, -0.1) is 8.78 Å². The molecule has 0 radical (unpaired) electrons. The molecule has 0 unspecified atom stereocenters. The van der Waals surface area contributed by atoms with E-state index in [1.807, 2.05) is 18.5 Å². The van der Waals surface area contributed by atoms with Crippen LogP contribution in [0.5, 0.6) is 5.75 Å². The number of fused-ring (bicyclic) bond motifs is 1. The summed E-state index contributed by atoms with van der Waals surface area (Å²) in [7, 11) is 1.87. The van der Waals surface area contributed by atoms with Crippen molar-refractivity contribution in [2.45, 2.75) is 12.5 Å². The number of hydrogen-bond acceptors (Lipinski definition) is 4. The van der Waals surface area contributed by atoms with Gasteiger partial charge in [0.25, 0.3) is 5.91 Å². The molecule has 154 valence electrons. The van der Waals surface area contributed by atoms with Gasteiger partial charge in [-0.2, -0.15) is 5.10 Å². The first-order valence-corrected chi connectivity index (χ1v) is 9.23. The maximum Gasteiger partial charge on any atom is 0.487 e. The molecule has 10 heteroatoms. The Labute approximate surface area is 174 Å². The number of aryl methyl sites for hydroxylation is 2. The van der Waals surface area contributed by atoms with Crippen LogP contribution in [-0.4, -0.2) is 31.2 Å². The van der Waals surface area contributed by atoms with Gasteiger partial charge < -0.3 is 14.6 Å². The van der Waals surface area contributed by atoms with Crippen LogP contribution in [-0.2, 0) is 7.05 Å². The highest BCUT2D eigenvalue weighted by Gasteiger charge is 2.27. The minimum Gasteiger partial charge on any atom is -0.420 e. The van der Waals surface area contributed by atoms with Crippen molar-refractivity contribution < 1.29 is 18.3 Å². The quantitative estimate of drug-likeness (QED) is 0.449. The van der Waals surface area contributed by atoms with E-state index in [4.69, 9.17) is 11.6 Å². The molecule has 30 heavy (non-hydrogen) atoms. The standard InChI is InChI=1S/C20H16ClF2N5O2/c1-11-25-18-15(16-7-8-24-27-16)9-12(10-17(18)28(11)2)19(29)26-13-3-5-14(6-4-13)30-20(21,22)23/h3-10H,1-2H3,(H,24,27)(H,26,29). The van der Waals surface area contributed by atoms with Gasteiger partial charge in [-0.05, 0) is 49.4 Å². The summed E-state index contributed by atoms with van der Waals surface area (Å²) in [4.78, 5) is 17.5. The van der Waals surface area contributed by atoms with Gasteiger partial charge in [-0.3, -0.25) is 9.89 Å². The SMILES string of the molecule is Cc1nc2c(-c3ccn[nH]3)cc(C(=O)Nc3ccc(OC(F)(F)Cl)cc3)cc2n1C. The van der Waals surface area contributed by atoms with Gasteiger partial charge in [0.15, 0.2) is 0 Å². The van der Waals surface area contributed by atoms with E-state index >= 15 is 0 Å². The highest BCUT2D eigenvalue weighted by atomic mass is 35.5. The summed E-state index contributed by atoms with van der Waals surface area (Å²) in [6.07, 6.45) is 1.62. The monoisotopic (exact) mass is 431 g/mol. The maximum absolute atomic E-state index is 12.9.